The molecule has 0 N–H and O–H groups in total. The normalized spacial score (nSPS) is 14.6. The van der Waals surface area contributed by atoms with Gasteiger partial charge in [0.25, 0.3) is 5.69 Å². The monoisotopic (exact) mass is 327 g/mol. The van der Waals surface area contributed by atoms with Crippen LogP contribution in [0.5, 0.6) is 0 Å². The first-order valence-corrected chi connectivity index (χ1v) is 8.11. The molecule has 2 aromatic rings. The van der Waals surface area contributed by atoms with Crippen LogP contribution < -0.4 is 0 Å². The summed E-state index contributed by atoms with van der Waals surface area (Å²) >= 11 is 0. The number of Topliss-reactive ketones (excluding diaryl/α,β-unsaturated/α-hetero) is 1. The molecule has 0 spiro atoms. The van der Waals surface area contributed by atoms with Crippen molar-refractivity contribution in [2.24, 2.45) is 0 Å². The molecule has 1 aromatic carbocycles. The molecular weight excluding hydrogens is 306 g/mol. The van der Waals surface area contributed by atoms with Crippen molar-refractivity contribution in [2.45, 2.75) is 52.4 Å². The lowest BCUT2D eigenvalue weighted by Crippen LogP contribution is -2.19. The molecule has 1 aliphatic carbocycles. The lowest BCUT2D eigenvalue weighted by molar-refractivity contribution is -0.385. The van der Waals surface area contributed by atoms with Crippen LogP contribution in [-0.2, 0) is 11.8 Å². The second-order valence-corrected chi connectivity index (χ2v) is 7.34. The molecule has 1 aromatic heterocycles. The van der Waals surface area contributed by atoms with E-state index in [1.165, 1.54) is 6.07 Å². The third kappa shape index (κ3) is 2.62. The molecule has 0 bridgehead atoms. The number of nitro benzene ring substituents is 1. The van der Waals surface area contributed by atoms with Crippen LogP contribution in [0.3, 0.4) is 0 Å². The van der Waals surface area contributed by atoms with E-state index >= 15 is 0 Å². The number of hydrogen-bond acceptors (Lipinski definition) is 4. The average Bonchev–Trinajstić information content (AvgIpc) is 2.88. The van der Waals surface area contributed by atoms with Crippen molar-refractivity contribution in [3.63, 3.8) is 0 Å². The van der Waals surface area contributed by atoms with Crippen LogP contribution in [0.4, 0.5) is 5.69 Å². The van der Waals surface area contributed by atoms with Crippen LogP contribution >= 0.6 is 0 Å². The second kappa shape index (κ2) is 5.54. The lowest BCUT2D eigenvalue weighted by atomic mass is 9.84. The van der Waals surface area contributed by atoms with Gasteiger partial charge < -0.3 is 0 Å². The first-order valence-electron chi connectivity index (χ1n) is 8.11. The largest absolute Gasteiger partial charge is 0.294 e. The number of ketones is 1. The molecular formula is C18H21N3O3. The molecule has 3 rings (SSSR count). The van der Waals surface area contributed by atoms with E-state index < -0.39 is 0 Å². The first-order chi connectivity index (χ1) is 11.2. The molecule has 126 valence electrons. The Morgan fingerprint density at radius 3 is 2.58 bits per heavy atom. The van der Waals surface area contributed by atoms with Gasteiger partial charge in [0.05, 0.1) is 27.6 Å². The van der Waals surface area contributed by atoms with Gasteiger partial charge in [0.1, 0.15) is 0 Å². The molecule has 6 heteroatoms. The van der Waals surface area contributed by atoms with Crippen molar-refractivity contribution in [2.75, 3.05) is 0 Å². The number of nitro groups is 1. The van der Waals surface area contributed by atoms with Crippen molar-refractivity contribution in [3.05, 3.63) is 50.8 Å². The van der Waals surface area contributed by atoms with Gasteiger partial charge in [-0.05, 0) is 25.8 Å². The fraction of sp³-hybridized carbons (Fsp3) is 0.444. The number of carbonyl (C=O) groups excluding carboxylic acids is 1. The quantitative estimate of drug-likeness (QED) is 0.619. The van der Waals surface area contributed by atoms with Gasteiger partial charge in [0.2, 0.25) is 0 Å². The maximum absolute atomic E-state index is 12.5. The Balaban J connectivity index is 2.25. The molecule has 0 unspecified atom stereocenters. The zero-order chi connectivity index (χ0) is 17.6. The van der Waals surface area contributed by atoms with Crippen LogP contribution in [0.25, 0.3) is 5.69 Å². The van der Waals surface area contributed by atoms with Gasteiger partial charge in [0.15, 0.2) is 5.78 Å². The van der Waals surface area contributed by atoms with Crippen molar-refractivity contribution in [3.8, 4) is 5.69 Å². The summed E-state index contributed by atoms with van der Waals surface area (Å²) in [6.07, 6.45) is 2.08. The Kier molecular flexibility index (Phi) is 3.78. The van der Waals surface area contributed by atoms with E-state index in [0.717, 1.165) is 24.2 Å². The van der Waals surface area contributed by atoms with Gasteiger partial charge >= 0.3 is 0 Å². The van der Waals surface area contributed by atoms with Crippen molar-refractivity contribution in [1.29, 1.82) is 0 Å². The minimum atomic E-state index is -0.384. The minimum Gasteiger partial charge on any atom is -0.294 e. The summed E-state index contributed by atoms with van der Waals surface area (Å²) < 4.78 is 1.72. The Hall–Kier alpha value is -2.50. The molecule has 0 atom stereocenters. The SMILES string of the molecule is Cc1ccc(-n2nc(C(C)(C)C)c3c2CCCC3=O)cc1[N+](=O)[O-]. The number of carbonyl (C=O) groups is 1. The maximum Gasteiger partial charge on any atom is 0.274 e. The van der Waals surface area contributed by atoms with Gasteiger partial charge in [0, 0.05) is 23.5 Å². The minimum absolute atomic E-state index is 0.0659. The van der Waals surface area contributed by atoms with Gasteiger partial charge in [-0.1, -0.05) is 26.8 Å². The highest BCUT2D eigenvalue weighted by Crippen LogP contribution is 2.34. The molecule has 0 radical (unpaired) electrons. The zero-order valence-corrected chi connectivity index (χ0v) is 14.4. The molecule has 1 aliphatic rings. The van der Waals surface area contributed by atoms with E-state index in [2.05, 4.69) is 5.10 Å². The molecule has 0 amide bonds. The maximum atomic E-state index is 12.5. The Morgan fingerprint density at radius 1 is 1.25 bits per heavy atom. The summed E-state index contributed by atoms with van der Waals surface area (Å²) in [5.41, 5.74) is 3.39. The van der Waals surface area contributed by atoms with E-state index in [4.69, 9.17) is 0 Å². The zero-order valence-electron chi connectivity index (χ0n) is 14.4. The summed E-state index contributed by atoms with van der Waals surface area (Å²) in [7, 11) is 0. The number of benzene rings is 1. The van der Waals surface area contributed by atoms with E-state index in [1.54, 1.807) is 17.7 Å². The number of hydrogen-bond donors (Lipinski definition) is 0. The molecule has 0 fully saturated rings. The van der Waals surface area contributed by atoms with E-state index in [0.29, 0.717) is 23.2 Å². The van der Waals surface area contributed by atoms with Crippen LogP contribution in [-0.4, -0.2) is 20.5 Å². The van der Waals surface area contributed by atoms with Crippen molar-refractivity contribution in [1.82, 2.24) is 9.78 Å². The standard InChI is InChI=1S/C18H21N3O3/c1-11-8-9-12(10-14(11)21(23)24)20-13-6-5-7-15(22)16(13)17(19-20)18(2,3)4/h8-10H,5-7H2,1-4H3. The summed E-state index contributed by atoms with van der Waals surface area (Å²) in [5.74, 6) is 0.119. The van der Waals surface area contributed by atoms with E-state index in [1.807, 2.05) is 26.8 Å². The highest BCUT2D eigenvalue weighted by molar-refractivity contribution is 5.99. The molecule has 24 heavy (non-hydrogen) atoms. The fourth-order valence-electron chi connectivity index (χ4n) is 3.18. The molecule has 0 saturated carbocycles. The number of fused-ring (bicyclic) bond motifs is 1. The topological polar surface area (TPSA) is 78.0 Å². The first kappa shape index (κ1) is 16.4. The smallest absolute Gasteiger partial charge is 0.274 e. The lowest BCUT2D eigenvalue weighted by Gasteiger charge is -2.19. The van der Waals surface area contributed by atoms with Crippen molar-refractivity contribution < 1.29 is 9.72 Å². The summed E-state index contributed by atoms with van der Waals surface area (Å²) in [4.78, 5) is 23.3. The second-order valence-electron chi connectivity index (χ2n) is 7.34. The van der Waals surface area contributed by atoms with Crippen LogP contribution in [0.1, 0.15) is 60.9 Å². The van der Waals surface area contributed by atoms with Gasteiger partial charge in [-0.2, -0.15) is 5.10 Å². The van der Waals surface area contributed by atoms with Gasteiger partial charge in [-0.15, -0.1) is 0 Å². The Morgan fingerprint density at radius 2 is 1.96 bits per heavy atom. The predicted octanol–water partition coefficient (Wildman–Crippen LogP) is 3.91. The third-order valence-electron chi connectivity index (χ3n) is 4.42. The van der Waals surface area contributed by atoms with Crippen LogP contribution in [0.15, 0.2) is 18.2 Å². The number of nitrogens with zero attached hydrogens (tertiary/aromatic N) is 3. The summed E-state index contributed by atoms with van der Waals surface area (Å²) in [6, 6.07) is 5.08. The third-order valence-corrected chi connectivity index (χ3v) is 4.42. The predicted molar refractivity (Wildman–Crippen MR) is 90.9 cm³/mol. The summed E-state index contributed by atoms with van der Waals surface area (Å²) in [5, 5.41) is 15.9. The highest BCUT2D eigenvalue weighted by Gasteiger charge is 2.33. The number of aryl methyl sites for hydroxylation is 1. The molecule has 6 nitrogen and oxygen atoms in total. The van der Waals surface area contributed by atoms with E-state index in [9.17, 15) is 14.9 Å². The van der Waals surface area contributed by atoms with E-state index in [-0.39, 0.29) is 21.8 Å². The van der Waals surface area contributed by atoms with Crippen LogP contribution in [0.2, 0.25) is 0 Å². The fourth-order valence-corrected chi connectivity index (χ4v) is 3.18. The van der Waals surface area contributed by atoms with Crippen LogP contribution in [0, 0.1) is 17.0 Å². The van der Waals surface area contributed by atoms with Crippen molar-refractivity contribution >= 4 is 11.5 Å². The average molecular weight is 327 g/mol. The molecule has 0 aliphatic heterocycles. The Bertz CT molecular complexity index is 844. The van der Waals surface area contributed by atoms with Gasteiger partial charge in [-0.25, -0.2) is 4.68 Å². The summed E-state index contributed by atoms with van der Waals surface area (Å²) in [6.45, 7) is 7.79. The Labute approximate surface area is 140 Å². The molecule has 1 heterocycles. The number of aromatic nitrogens is 2. The molecule has 0 saturated heterocycles. The van der Waals surface area contributed by atoms with Gasteiger partial charge in [-0.3, -0.25) is 14.9 Å². The highest BCUT2D eigenvalue weighted by atomic mass is 16.6. The number of rotatable bonds is 2.